The Hall–Kier alpha value is -0.870. The number of nitrogens with zero attached hydrogens (tertiary/aromatic N) is 1. The molecule has 0 bridgehead atoms. The summed E-state index contributed by atoms with van der Waals surface area (Å²) in [6, 6.07) is 10.7. The van der Waals surface area contributed by atoms with Crippen molar-refractivity contribution in [3.05, 3.63) is 48.0 Å². The van der Waals surface area contributed by atoms with Crippen molar-refractivity contribution >= 4 is 12.4 Å². The lowest BCUT2D eigenvalue weighted by atomic mass is 9.97. The molecule has 1 aromatic rings. The average molecular weight is 294 g/mol. The summed E-state index contributed by atoms with van der Waals surface area (Å²) in [5.41, 5.74) is 4.93. The first-order chi connectivity index (χ1) is 9.39. The van der Waals surface area contributed by atoms with E-state index in [0.29, 0.717) is 0 Å². The molecule has 1 saturated heterocycles. The Bertz CT molecular complexity index is 435. The van der Waals surface area contributed by atoms with Crippen LogP contribution in [0.3, 0.4) is 0 Å². The lowest BCUT2D eigenvalue weighted by molar-refractivity contribution is 0.0403. The molecule has 1 atom stereocenters. The van der Waals surface area contributed by atoms with Crippen LogP contribution in [0.15, 0.2) is 42.5 Å². The summed E-state index contributed by atoms with van der Waals surface area (Å²) in [5.74, 6) is 0. The first-order valence-corrected chi connectivity index (χ1v) is 7.37. The van der Waals surface area contributed by atoms with Crippen LogP contribution in [0.2, 0.25) is 0 Å². The highest BCUT2D eigenvalue weighted by molar-refractivity contribution is 5.85. The molecule has 20 heavy (non-hydrogen) atoms. The van der Waals surface area contributed by atoms with Crippen LogP contribution < -0.4 is 10.7 Å². The zero-order valence-corrected chi connectivity index (χ0v) is 12.7. The van der Waals surface area contributed by atoms with Crippen LogP contribution in [-0.2, 0) is 6.54 Å². The lowest BCUT2D eigenvalue weighted by Gasteiger charge is -2.43. The highest BCUT2D eigenvalue weighted by Gasteiger charge is 2.36. The van der Waals surface area contributed by atoms with Crippen LogP contribution in [0.25, 0.3) is 0 Å². The zero-order valence-electron chi connectivity index (χ0n) is 11.8. The van der Waals surface area contributed by atoms with Crippen molar-refractivity contribution in [1.29, 1.82) is 0 Å². The minimum Gasteiger partial charge on any atom is -0.291 e. The summed E-state index contributed by atoms with van der Waals surface area (Å²) in [7, 11) is 0. The largest absolute Gasteiger partial charge is 0.291 e. The van der Waals surface area contributed by atoms with Gasteiger partial charge in [-0.25, -0.2) is 5.01 Å². The van der Waals surface area contributed by atoms with Gasteiger partial charge in [0.05, 0.1) is 0 Å². The smallest absolute Gasteiger partial charge is 0.104 e. The Kier molecular flexibility index (Phi) is 5.61. The summed E-state index contributed by atoms with van der Waals surface area (Å²) in [6.45, 7) is 3.12. The molecule has 1 fully saturated rings. The highest BCUT2D eigenvalue weighted by Crippen LogP contribution is 2.26. The number of rotatable bonds is 3. The average Bonchev–Trinajstić information content (AvgIpc) is 2.69. The maximum atomic E-state index is 3.77. The molecule has 0 radical (unpaired) electrons. The lowest BCUT2D eigenvalue weighted by Crippen LogP contribution is -2.62. The van der Waals surface area contributed by atoms with E-state index in [2.05, 4.69) is 58.2 Å². The first kappa shape index (κ1) is 15.5. The van der Waals surface area contributed by atoms with E-state index < -0.39 is 0 Å². The van der Waals surface area contributed by atoms with Gasteiger partial charge in [0, 0.05) is 19.6 Å². The van der Waals surface area contributed by atoms with Gasteiger partial charge in [-0.05, 0) is 31.2 Å². The molecule has 4 heteroatoms. The van der Waals surface area contributed by atoms with E-state index in [4.69, 9.17) is 0 Å². The second kappa shape index (κ2) is 7.23. The van der Waals surface area contributed by atoms with Crippen LogP contribution >= 0.6 is 12.4 Å². The van der Waals surface area contributed by atoms with E-state index in [1.54, 1.807) is 0 Å². The van der Waals surface area contributed by atoms with Crippen molar-refractivity contribution in [2.75, 3.05) is 13.1 Å². The second-order valence-corrected chi connectivity index (χ2v) is 5.47. The predicted molar refractivity (Wildman–Crippen MR) is 85.6 cm³/mol. The third-order valence-electron chi connectivity index (χ3n) is 4.12. The number of benzene rings is 1. The molecule has 0 saturated carbocycles. The molecule has 1 unspecified atom stereocenters. The van der Waals surface area contributed by atoms with Gasteiger partial charge in [-0.1, -0.05) is 42.5 Å². The third-order valence-corrected chi connectivity index (χ3v) is 4.12. The van der Waals surface area contributed by atoms with E-state index in [9.17, 15) is 0 Å². The van der Waals surface area contributed by atoms with E-state index in [1.807, 2.05) is 0 Å². The topological polar surface area (TPSA) is 27.3 Å². The Balaban J connectivity index is 0.00000147. The number of halogens is 1. The Morgan fingerprint density at radius 2 is 2.05 bits per heavy atom. The van der Waals surface area contributed by atoms with Crippen molar-refractivity contribution in [3.8, 4) is 0 Å². The molecule has 0 amide bonds. The molecule has 2 aliphatic heterocycles. The monoisotopic (exact) mass is 293 g/mol. The highest BCUT2D eigenvalue weighted by atomic mass is 35.5. The second-order valence-electron chi connectivity index (χ2n) is 5.47. The fourth-order valence-electron chi connectivity index (χ4n) is 3.04. The normalized spacial score (nSPS) is 26.4. The van der Waals surface area contributed by atoms with Gasteiger partial charge < -0.3 is 0 Å². The summed E-state index contributed by atoms with van der Waals surface area (Å²) in [4.78, 5) is 0. The van der Waals surface area contributed by atoms with E-state index in [0.717, 1.165) is 26.1 Å². The van der Waals surface area contributed by atoms with Crippen LogP contribution in [0.5, 0.6) is 0 Å². The van der Waals surface area contributed by atoms with Gasteiger partial charge in [0.15, 0.2) is 0 Å². The van der Waals surface area contributed by atoms with Gasteiger partial charge >= 0.3 is 0 Å². The molecular weight excluding hydrogens is 270 g/mol. The Morgan fingerprint density at radius 1 is 1.20 bits per heavy atom. The van der Waals surface area contributed by atoms with Gasteiger partial charge in [0.25, 0.3) is 0 Å². The molecule has 0 aromatic heterocycles. The first-order valence-electron chi connectivity index (χ1n) is 7.37. The van der Waals surface area contributed by atoms with E-state index in [1.165, 1.54) is 24.8 Å². The van der Waals surface area contributed by atoms with Crippen LogP contribution in [-0.4, -0.2) is 23.8 Å². The maximum absolute atomic E-state index is 3.77. The quantitative estimate of drug-likeness (QED) is 0.839. The maximum Gasteiger partial charge on any atom is 0.104 e. The fourth-order valence-corrected chi connectivity index (χ4v) is 3.04. The minimum absolute atomic E-state index is 0. The molecule has 110 valence electrons. The number of hydrogen-bond donors (Lipinski definition) is 2. The zero-order chi connectivity index (χ0) is 13.0. The summed E-state index contributed by atoms with van der Waals surface area (Å²) < 4.78 is 0. The van der Waals surface area contributed by atoms with Crippen LogP contribution in [0, 0.1) is 0 Å². The van der Waals surface area contributed by atoms with Gasteiger partial charge in [-0.3, -0.25) is 10.7 Å². The van der Waals surface area contributed by atoms with Crippen molar-refractivity contribution in [1.82, 2.24) is 15.8 Å². The molecule has 2 aliphatic rings. The van der Waals surface area contributed by atoms with Crippen LogP contribution in [0.1, 0.15) is 31.2 Å². The fraction of sp³-hybridized carbons (Fsp3) is 0.500. The van der Waals surface area contributed by atoms with E-state index in [-0.39, 0.29) is 18.1 Å². The van der Waals surface area contributed by atoms with Crippen molar-refractivity contribution < 1.29 is 0 Å². The number of hydrogen-bond acceptors (Lipinski definition) is 3. The molecule has 3 rings (SSSR count). The summed E-state index contributed by atoms with van der Waals surface area (Å²) in [6.07, 6.45) is 9.54. The van der Waals surface area contributed by atoms with Gasteiger partial charge in [0.1, 0.15) is 5.66 Å². The minimum atomic E-state index is 0. The Labute approximate surface area is 127 Å². The summed E-state index contributed by atoms with van der Waals surface area (Å²) >= 11 is 0. The predicted octanol–water partition coefficient (Wildman–Crippen LogP) is 2.84. The van der Waals surface area contributed by atoms with Gasteiger partial charge in [-0.15, -0.1) is 12.4 Å². The van der Waals surface area contributed by atoms with Gasteiger partial charge in [-0.2, -0.15) is 0 Å². The molecular formula is C16H24ClN3. The molecule has 0 spiro atoms. The standard InChI is InChI=1S/C16H23N3.ClH/c1-2-8-15(9-3-1)14-17-16-10-4-6-12-18-19(16)13-7-5-11-16;/h1-3,5,8-9,11,17-18H,4,6-7,10,12-14H2;1H. The van der Waals surface area contributed by atoms with Gasteiger partial charge in [0.2, 0.25) is 0 Å². The van der Waals surface area contributed by atoms with Crippen LogP contribution in [0.4, 0.5) is 0 Å². The molecule has 2 N–H and O–H groups in total. The number of nitrogens with one attached hydrogen (secondary N) is 2. The SMILES string of the molecule is C1=CC2(NCc3ccccc3)CCCCNN2CC1.Cl. The summed E-state index contributed by atoms with van der Waals surface area (Å²) in [5, 5.41) is 6.18. The number of fused-ring (bicyclic) bond motifs is 1. The third kappa shape index (κ3) is 3.41. The molecule has 3 nitrogen and oxygen atoms in total. The molecule has 2 heterocycles. The van der Waals surface area contributed by atoms with Crippen molar-refractivity contribution in [2.24, 2.45) is 0 Å². The van der Waals surface area contributed by atoms with Crippen molar-refractivity contribution in [3.63, 3.8) is 0 Å². The molecule has 1 aromatic carbocycles. The van der Waals surface area contributed by atoms with E-state index >= 15 is 0 Å². The Morgan fingerprint density at radius 3 is 2.90 bits per heavy atom. The number of hydrazine groups is 1. The molecule has 0 aliphatic carbocycles. The van der Waals surface area contributed by atoms with Crippen molar-refractivity contribution in [2.45, 2.75) is 37.9 Å².